The minimum atomic E-state index is -0.779. The van der Waals surface area contributed by atoms with Crippen molar-refractivity contribution in [2.45, 2.75) is 58.5 Å². The molecular weight excluding hydrogens is 438 g/mol. The van der Waals surface area contributed by atoms with Crippen LogP contribution in [0.3, 0.4) is 0 Å². The van der Waals surface area contributed by atoms with E-state index in [0.29, 0.717) is 22.7 Å². The Hall–Kier alpha value is -3.12. The topological polar surface area (TPSA) is 69.7 Å². The summed E-state index contributed by atoms with van der Waals surface area (Å²) in [6.07, 6.45) is 2.55. The number of amides is 4. The third-order valence-corrected chi connectivity index (χ3v) is 6.57. The summed E-state index contributed by atoms with van der Waals surface area (Å²) in [5.74, 6) is -1.04. The molecule has 2 aliphatic heterocycles. The molecule has 2 aromatic carbocycles. The average molecular weight is 466 g/mol. The molecule has 4 amide bonds. The van der Waals surface area contributed by atoms with Crippen LogP contribution >= 0.6 is 11.6 Å². The Morgan fingerprint density at radius 1 is 1.09 bits per heavy atom. The Bertz CT molecular complexity index is 1170. The van der Waals surface area contributed by atoms with Crippen LogP contribution in [-0.2, 0) is 9.59 Å². The molecule has 1 unspecified atom stereocenters. The van der Waals surface area contributed by atoms with E-state index in [0.717, 1.165) is 16.9 Å². The first-order valence-electron chi connectivity index (χ1n) is 11.1. The highest BCUT2D eigenvalue weighted by atomic mass is 35.5. The van der Waals surface area contributed by atoms with Crippen molar-refractivity contribution in [2.75, 3.05) is 9.80 Å². The molecule has 6 nitrogen and oxygen atoms in total. The lowest BCUT2D eigenvalue weighted by Crippen LogP contribution is -2.54. The molecule has 172 valence electrons. The first kappa shape index (κ1) is 23.1. The van der Waals surface area contributed by atoms with E-state index in [1.807, 2.05) is 12.1 Å². The Labute approximate surface area is 199 Å². The number of fused-ring (bicyclic) bond motifs is 1. The second-order valence-corrected chi connectivity index (χ2v) is 10.1. The minimum Gasteiger partial charge on any atom is -0.364 e. The van der Waals surface area contributed by atoms with E-state index in [-0.39, 0.29) is 11.1 Å². The number of nitrogens with one attached hydrogen (secondary N) is 1. The fraction of sp³-hybridized carbons (Fsp3) is 0.346. The Morgan fingerprint density at radius 3 is 2.39 bits per heavy atom. The lowest BCUT2D eigenvalue weighted by atomic mass is 9.78. The van der Waals surface area contributed by atoms with Gasteiger partial charge >= 0.3 is 6.03 Å². The summed E-state index contributed by atoms with van der Waals surface area (Å²) < 4.78 is 0. The highest BCUT2D eigenvalue weighted by Gasteiger charge is 2.39. The van der Waals surface area contributed by atoms with Gasteiger partial charge in [-0.25, -0.2) is 9.69 Å². The van der Waals surface area contributed by atoms with Gasteiger partial charge in [-0.2, -0.15) is 0 Å². The summed E-state index contributed by atoms with van der Waals surface area (Å²) in [5, 5.41) is 2.75. The molecule has 1 fully saturated rings. The predicted molar refractivity (Wildman–Crippen MR) is 132 cm³/mol. The maximum Gasteiger partial charge on any atom is 0.335 e. The number of anilines is 2. The summed E-state index contributed by atoms with van der Waals surface area (Å²) in [7, 11) is 0. The van der Waals surface area contributed by atoms with E-state index in [2.05, 4.69) is 50.9 Å². The van der Waals surface area contributed by atoms with Crippen molar-refractivity contribution in [3.05, 3.63) is 64.2 Å². The fourth-order valence-corrected chi connectivity index (χ4v) is 5.31. The lowest BCUT2D eigenvalue weighted by molar-refractivity contribution is -0.122. The van der Waals surface area contributed by atoms with Gasteiger partial charge in [0.2, 0.25) is 0 Å². The first-order valence-corrected chi connectivity index (χ1v) is 11.5. The van der Waals surface area contributed by atoms with Gasteiger partial charge in [0.15, 0.2) is 0 Å². The Balaban J connectivity index is 1.73. The third-order valence-electron chi connectivity index (χ3n) is 6.31. The van der Waals surface area contributed by atoms with Crippen molar-refractivity contribution < 1.29 is 14.4 Å². The molecule has 1 atom stereocenters. The van der Waals surface area contributed by atoms with Crippen LogP contribution in [0.1, 0.15) is 58.1 Å². The second-order valence-electron chi connectivity index (χ2n) is 9.63. The Morgan fingerprint density at radius 2 is 1.76 bits per heavy atom. The van der Waals surface area contributed by atoms with Crippen molar-refractivity contribution in [1.82, 2.24) is 5.32 Å². The molecule has 1 N–H and O–H groups in total. The van der Waals surface area contributed by atoms with Gasteiger partial charge in [0.25, 0.3) is 11.8 Å². The number of hydrogen-bond donors (Lipinski definition) is 1. The molecule has 0 radical (unpaired) electrons. The minimum absolute atomic E-state index is 0.0270. The van der Waals surface area contributed by atoms with Gasteiger partial charge in [0.05, 0.1) is 5.69 Å². The average Bonchev–Trinajstić information content (AvgIpc) is 2.71. The molecule has 0 saturated carbocycles. The van der Waals surface area contributed by atoms with Crippen LogP contribution in [-0.4, -0.2) is 29.4 Å². The maximum absolute atomic E-state index is 13.2. The van der Waals surface area contributed by atoms with Gasteiger partial charge in [0.1, 0.15) is 5.57 Å². The highest BCUT2D eigenvalue weighted by Crippen LogP contribution is 2.44. The SMILES string of the molecule is CC1CC(C)(C)N(C(C)C)c2ccc(/C=C3\C(=O)NC(=O)N(c4ccc(Cl)cc4)C3=O)cc21. The molecule has 0 aliphatic carbocycles. The number of halogens is 1. The number of carbonyl (C=O) groups is 3. The predicted octanol–water partition coefficient (Wildman–Crippen LogP) is 5.51. The van der Waals surface area contributed by atoms with Crippen LogP contribution < -0.4 is 15.1 Å². The molecule has 4 rings (SSSR count). The molecule has 2 heterocycles. The molecular formula is C26H28ClN3O3. The molecule has 1 saturated heterocycles. The van der Waals surface area contributed by atoms with Gasteiger partial charge < -0.3 is 4.90 Å². The monoisotopic (exact) mass is 465 g/mol. The fourth-order valence-electron chi connectivity index (χ4n) is 5.19. The number of barbiturate groups is 1. The summed E-state index contributed by atoms with van der Waals surface area (Å²) in [6.45, 7) is 11.1. The van der Waals surface area contributed by atoms with Crippen LogP contribution in [0, 0.1) is 0 Å². The normalized spacial score (nSPS) is 21.5. The molecule has 0 spiro atoms. The lowest BCUT2D eigenvalue weighted by Gasteiger charge is -2.50. The van der Waals surface area contributed by atoms with Gasteiger partial charge in [-0.15, -0.1) is 0 Å². The smallest absolute Gasteiger partial charge is 0.335 e. The third kappa shape index (κ3) is 4.15. The number of rotatable bonds is 3. The van der Waals surface area contributed by atoms with E-state index < -0.39 is 17.8 Å². The van der Waals surface area contributed by atoms with Crippen molar-refractivity contribution in [3.63, 3.8) is 0 Å². The van der Waals surface area contributed by atoms with Crippen molar-refractivity contribution in [2.24, 2.45) is 0 Å². The molecule has 2 aliphatic rings. The van der Waals surface area contributed by atoms with Crippen molar-refractivity contribution >= 4 is 46.9 Å². The number of urea groups is 1. The number of hydrogen-bond acceptors (Lipinski definition) is 4. The number of carbonyl (C=O) groups excluding carboxylic acids is 3. The van der Waals surface area contributed by atoms with Crippen LogP contribution in [0.5, 0.6) is 0 Å². The summed E-state index contributed by atoms with van der Waals surface area (Å²) in [6, 6.07) is 11.9. The van der Waals surface area contributed by atoms with Crippen LogP contribution in [0.4, 0.5) is 16.2 Å². The maximum atomic E-state index is 13.2. The zero-order chi connectivity index (χ0) is 24.1. The zero-order valence-electron chi connectivity index (χ0n) is 19.5. The van der Waals surface area contributed by atoms with Gasteiger partial charge in [-0.1, -0.05) is 24.6 Å². The van der Waals surface area contributed by atoms with E-state index in [4.69, 9.17) is 11.6 Å². The standard InChI is InChI=1S/C26H28ClN3O3/c1-15(2)30-22-11-6-17(12-20(22)16(3)14-26(30,4)5)13-21-23(31)28-25(33)29(24(21)32)19-9-7-18(27)8-10-19/h6-13,15-16H,14H2,1-5H3,(H,28,31,33)/b21-13+. The summed E-state index contributed by atoms with van der Waals surface area (Å²) >= 11 is 5.93. The second kappa shape index (κ2) is 8.34. The highest BCUT2D eigenvalue weighted by molar-refractivity contribution is 6.39. The van der Waals surface area contributed by atoms with Gasteiger partial charge in [-0.05, 0) is 93.6 Å². The Kier molecular flexibility index (Phi) is 5.83. The zero-order valence-corrected chi connectivity index (χ0v) is 20.2. The van der Waals surface area contributed by atoms with E-state index in [1.165, 1.54) is 11.3 Å². The number of imide groups is 2. The quantitative estimate of drug-likeness (QED) is 0.479. The van der Waals surface area contributed by atoms with Gasteiger partial charge in [-0.3, -0.25) is 14.9 Å². The molecule has 2 aromatic rings. The first-order chi connectivity index (χ1) is 15.5. The molecule has 0 aromatic heterocycles. The van der Waals surface area contributed by atoms with Crippen molar-refractivity contribution in [3.8, 4) is 0 Å². The molecule has 33 heavy (non-hydrogen) atoms. The summed E-state index contributed by atoms with van der Waals surface area (Å²) in [4.78, 5) is 41.5. The van der Waals surface area contributed by atoms with E-state index >= 15 is 0 Å². The number of benzene rings is 2. The molecule has 0 bridgehead atoms. The van der Waals surface area contributed by atoms with Gasteiger partial charge in [0, 0.05) is 22.3 Å². The van der Waals surface area contributed by atoms with E-state index in [1.54, 1.807) is 30.3 Å². The van der Waals surface area contributed by atoms with Crippen molar-refractivity contribution in [1.29, 1.82) is 0 Å². The van der Waals surface area contributed by atoms with E-state index in [9.17, 15) is 14.4 Å². The largest absolute Gasteiger partial charge is 0.364 e. The van der Waals surface area contributed by atoms with Crippen LogP contribution in [0.15, 0.2) is 48.0 Å². The van der Waals surface area contributed by atoms with Crippen LogP contribution in [0.2, 0.25) is 5.02 Å². The summed E-state index contributed by atoms with van der Waals surface area (Å²) in [5.41, 5.74) is 3.38. The molecule has 7 heteroatoms. The van der Waals surface area contributed by atoms with Crippen LogP contribution in [0.25, 0.3) is 6.08 Å². The number of nitrogens with zero attached hydrogens (tertiary/aromatic N) is 2.